The van der Waals surface area contributed by atoms with Gasteiger partial charge in [-0.3, -0.25) is 4.79 Å². The maximum Gasteiger partial charge on any atom is 0.302 e. The molecule has 0 N–H and O–H groups in total. The van der Waals surface area contributed by atoms with Crippen molar-refractivity contribution in [3.05, 3.63) is 66.0 Å². The fraction of sp³-hybridized carbons (Fsp3) is 0.278. The predicted molar refractivity (Wildman–Crippen MR) is 82.9 cm³/mol. The Morgan fingerprint density at radius 3 is 2.76 bits per heavy atom. The minimum absolute atomic E-state index is 0.00270. The predicted octanol–water partition coefficient (Wildman–Crippen LogP) is 3.95. The first kappa shape index (κ1) is 15.1. The van der Waals surface area contributed by atoms with Gasteiger partial charge in [-0.15, -0.1) is 0 Å². The van der Waals surface area contributed by atoms with E-state index in [-0.39, 0.29) is 18.0 Å². The van der Waals surface area contributed by atoms with Gasteiger partial charge in [-0.1, -0.05) is 42.5 Å². The molecule has 0 heterocycles. The van der Waals surface area contributed by atoms with Crippen LogP contribution in [0.15, 0.2) is 60.4 Å². The summed E-state index contributed by atoms with van der Waals surface area (Å²) < 4.78 is 11.0. The number of carbonyl (C=O) groups excluding carboxylic acids is 1. The Bertz CT molecular complexity index is 596. The highest BCUT2D eigenvalue weighted by Gasteiger charge is 2.22. The quantitative estimate of drug-likeness (QED) is 0.620. The minimum Gasteiger partial charge on any atom is -0.464 e. The van der Waals surface area contributed by atoms with E-state index in [0.29, 0.717) is 0 Å². The zero-order valence-electron chi connectivity index (χ0n) is 12.6. The first-order valence-corrected chi connectivity index (χ1v) is 7.02. The van der Waals surface area contributed by atoms with Crippen LogP contribution in [-0.4, -0.2) is 12.1 Å². The molecule has 1 aromatic rings. The van der Waals surface area contributed by atoms with Crippen molar-refractivity contribution in [1.82, 2.24) is 0 Å². The second kappa shape index (κ2) is 6.93. The lowest BCUT2D eigenvalue weighted by Crippen LogP contribution is -2.23. The van der Waals surface area contributed by atoms with Crippen LogP contribution in [-0.2, 0) is 9.53 Å². The van der Waals surface area contributed by atoms with Crippen LogP contribution in [0.3, 0.4) is 0 Å². The maximum absolute atomic E-state index is 11.1. The standard InChI is InChI=1S/C18H20O3/c1-13-8-4-7-11-18(13)20-12-16-9-5-6-10-17(16)14(2)21-15(3)19/h4-12,14,17H,1-3H3. The van der Waals surface area contributed by atoms with Gasteiger partial charge in [0.05, 0.1) is 6.26 Å². The third-order valence-corrected chi connectivity index (χ3v) is 3.38. The molecule has 0 bridgehead atoms. The minimum atomic E-state index is -0.273. The van der Waals surface area contributed by atoms with Crippen molar-refractivity contribution in [3.63, 3.8) is 0 Å². The molecule has 0 aliphatic heterocycles. The summed E-state index contributed by atoms with van der Waals surface area (Å²) in [6.45, 7) is 5.31. The van der Waals surface area contributed by atoms with Gasteiger partial charge in [-0.2, -0.15) is 0 Å². The number of carbonyl (C=O) groups is 1. The highest BCUT2D eigenvalue weighted by atomic mass is 16.5. The molecule has 2 rings (SSSR count). The number of rotatable bonds is 4. The van der Waals surface area contributed by atoms with E-state index in [1.165, 1.54) is 6.92 Å². The Kier molecular flexibility index (Phi) is 4.99. The van der Waals surface area contributed by atoms with Gasteiger partial charge in [0.25, 0.3) is 0 Å². The number of benzene rings is 1. The summed E-state index contributed by atoms with van der Waals surface area (Å²) in [7, 11) is 0. The summed E-state index contributed by atoms with van der Waals surface area (Å²) in [6.07, 6.45) is 9.39. The monoisotopic (exact) mass is 284 g/mol. The lowest BCUT2D eigenvalue weighted by atomic mass is 9.91. The van der Waals surface area contributed by atoms with Gasteiger partial charge in [0.2, 0.25) is 0 Å². The molecular weight excluding hydrogens is 264 g/mol. The van der Waals surface area contributed by atoms with Crippen LogP contribution < -0.4 is 4.74 Å². The van der Waals surface area contributed by atoms with E-state index in [9.17, 15) is 4.79 Å². The van der Waals surface area contributed by atoms with E-state index in [2.05, 4.69) is 0 Å². The Hall–Kier alpha value is -2.29. The third-order valence-electron chi connectivity index (χ3n) is 3.38. The van der Waals surface area contributed by atoms with Crippen molar-refractivity contribution in [2.24, 2.45) is 5.92 Å². The van der Waals surface area contributed by atoms with Crippen LogP contribution in [0.1, 0.15) is 19.4 Å². The molecule has 1 aliphatic rings. The summed E-state index contributed by atoms with van der Waals surface area (Å²) in [6, 6.07) is 7.85. The second-order valence-electron chi connectivity index (χ2n) is 5.09. The molecule has 3 heteroatoms. The molecule has 0 spiro atoms. The number of esters is 1. The second-order valence-corrected chi connectivity index (χ2v) is 5.09. The Morgan fingerprint density at radius 2 is 2.05 bits per heavy atom. The van der Waals surface area contributed by atoms with Gasteiger partial charge < -0.3 is 9.47 Å². The highest BCUT2D eigenvalue weighted by molar-refractivity contribution is 5.66. The van der Waals surface area contributed by atoms with Crippen LogP contribution in [0.4, 0.5) is 0 Å². The van der Waals surface area contributed by atoms with Crippen LogP contribution in [0, 0.1) is 12.8 Å². The SMILES string of the molecule is CC(=O)OC(C)C1C=CC=CC1=COc1ccccc1C. The van der Waals surface area contributed by atoms with Crippen LogP contribution >= 0.6 is 0 Å². The maximum atomic E-state index is 11.1. The smallest absolute Gasteiger partial charge is 0.302 e. The first-order chi connectivity index (χ1) is 10.1. The molecule has 1 aliphatic carbocycles. The molecule has 1 aromatic carbocycles. The van der Waals surface area contributed by atoms with Gasteiger partial charge in [0.1, 0.15) is 11.9 Å². The van der Waals surface area contributed by atoms with Crippen LogP contribution in [0.25, 0.3) is 0 Å². The van der Waals surface area contributed by atoms with E-state index in [1.54, 1.807) is 6.26 Å². The molecule has 2 unspecified atom stereocenters. The molecule has 3 nitrogen and oxygen atoms in total. The van der Waals surface area contributed by atoms with E-state index in [0.717, 1.165) is 16.9 Å². The van der Waals surface area contributed by atoms with Crippen molar-refractivity contribution in [2.45, 2.75) is 26.9 Å². The van der Waals surface area contributed by atoms with E-state index in [4.69, 9.17) is 9.47 Å². The fourth-order valence-corrected chi connectivity index (χ4v) is 2.27. The summed E-state index contributed by atoms with van der Waals surface area (Å²) in [5.74, 6) is 0.555. The van der Waals surface area contributed by atoms with Crippen molar-refractivity contribution in [2.75, 3.05) is 0 Å². The Labute approximate surface area is 125 Å². The summed E-state index contributed by atoms with van der Waals surface area (Å²) in [5.41, 5.74) is 2.06. The average Bonchev–Trinajstić information content (AvgIpc) is 2.46. The number of allylic oxidation sites excluding steroid dienone is 3. The summed E-state index contributed by atoms with van der Waals surface area (Å²) in [5, 5.41) is 0. The topological polar surface area (TPSA) is 35.5 Å². The van der Waals surface area contributed by atoms with E-state index < -0.39 is 0 Å². The molecule has 0 radical (unpaired) electrons. The lowest BCUT2D eigenvalue weighted by molar-refractivity contribution is -0.146. The lowest BCUT2D eigenvalue weighted by Gasteiger charge is -2.23. The molecular formula is C18H20O3. The molecule has 110 valence electrons. The number of aryl methyl sites for hydroxylation is 1. The number of hydrogen-bond acceptors (Lipinski definition) is 3. The van der Waals surface area contributed by atoms with E-state index in [1.807, 2.05) is 62.4 Å². The zero-order chi connectivity index (χ0) is 15.2. The molecule has 0 saturated carbocycles. The van der Waals surface area contributed by atoms with Crippen LogP contribution in [0.2, 0.25) is 0 Å². The molecule has 0 amide bonds. The Morgan fingerprint density at radius 1 is 1.29 bits per heavy atom. The number of hydrogen-bond donors (Lipinski definition) is 0. The largest absolute Gasteiger partial charge is 0.464 e. The summed E-state index contributed by atoms with van der Waals surface area (Å²) in [4.78, 5) is 11.1. The Balaban J connectivity index is 2.14. The zero-order valence-corrected chi connectivity index (χ0v) is 12.6. The van der Waals surface area contributed by atoms with Crippen molar-refractivity contribution < 1.29 is 14.3 Å². The molecule has 0 fully saturated rings. The third kappa shape index (κ3) is 4.09. The van der Waals surface area contributed by atoms with Gasteiger partial charge in [-0.05, 0) is 31.1 Å². The first-order valence-electron chi connectivity index (χ1n) is 7.02. The average molecular weight is 284 g/mol. The fourth-order valence-electron chi connectivity index (χ4n) is 2.27. The number of ether oxygens (including phenoxy) is 2. The van der Waals surface area contributed by atoms with Crippen molar-refractivity contribution in [3.8, 4) is 5.75 Å². The van der Waals surface area contributed by atoms with Crippen LogP contribution in [0.5, 0.6) is 5.75 Å². The molecule has 0 saturated heterocycles. The molecule has 2 atom stereocenters. The normalized spacial score (nSPS) is 20.3. The van der Waals surface area contributed by atoms with Gasteiger partial charge in [0, 0.05) is 12.8 Å². The van der Waals surface area contributed by atoms with Crippen molar-refractivity contribution in [1.29, 1.82) is 0 Å². The number of para-hydroxylation sites is 1. The van der Waals surface area contributed by atoms with Gasteiger partial charge in [-0.25, -0.2) is 0 Å². The molecule has 21 heavy (non-hydrogen) atoms. The summed E-state index contributed by atoms with van der Waals surface area (Å²) >= 11 is 0. The van der Waals surface area contributed by atoms with Crippen molar-refractivity contribution >= 4 is 5.97 Å². The highest BCUT2D eigenvalue weighted by Crippen LogP contribution is 2.25. The van der Waals surface area contributed by atoms with E-state index >= 15 is 0 Å². The molecule has 0 aromatic heterocycles. The van der Waals surface area contributed by atoms with Gasteiger partial charge >= 0.3 is 5.97 Å². The van der Waals surface area contributed by atoms with Gasteiger partial charge in [0.15, 0.2) is 0 Å².